The summed E-state index contributed by atoms with van der Waals surface area (Å²) in [5, 5.41) is 2.12. The first-order chi connectivity index (χ1) is 9.47. The predicted molar refractivity (Wildman–Crippen MR) is 87.0 cm³/mol. The van der Waals surface area contributed by atoms with E-state index in [2.05, 4.69) is 52.0 Å². The standard InChI is InChI=1S/C15H17N3S2/c1-10-7-11-13(16-8-10)18(14(19)17-11)9-15(2,3)12-5-4-6-20-12/h4-8H,9H2,1-3H3,(H,17,19). The summed E-state index contributed by atoms with van der Waals surface area (Å²) in [6, 6.07) is 6.37. The third-order valence-corrected chi connectivity index (χ3v) is 5.05. The minimum atomic E-state index is 0.0358. The highest BCUT2D eigenvalue weighted by molar-refractivity contribution is 7.71. The van der Waals surface area contributed by atoms with Crippen LogP contribution in [0.1, 0.15) is 24.3 Å². The highest BCUT2D eigenvalue weighted by atomic mass is 32.1. The highest BCUT2D eigenvalue weighted by Crippen LogP contribution is 2.30. The molecule has 3 aromatic rings. The van der Waals surface area contributed by atoms with Crippen LogP contribution >= 0.6 is 23.6 Å². The Kier molecular flexibility index (Phi) is 3.26. The summed E-state index contributed by atoms with van der Waals surface area (Å²) in [5.41, 5.74) is 3.12. The van der Waals surface area contributed by atoms with E-state index in [-0.39, 0.29) is 5.41 Å². The molecule has 3 nitrogen and oxygen atoms in total. The molecule has 0 bridgehead atoms. The van der Waals surface area contributed by atoms with E-state index < -0.39 is 0 Å². The molecule has 104 valence electrons. The Bertz CT molecular complexity index is 794. The van der Waals surface area contributed by atoms with Gasteiger partial charge in [-0.05, 0) is 42.2 Å². The van der Waals surface area contributed by atoms with Crippen LogP contribution in [0.25, 0.3) is 11.2 Å². The fraction of sp³-hybridized carbons (Fsp3) is 0.333. The molecule has 3 rings (SSSR count). The van der Waals surface area contributed by atoms with Gasteiger partial charge in [-0.3, -0.25) is 0 Å². The van der Waals surface area contributed by atoms with E-state index in [0.717, 1.165) is 28.0 Å². The second-order valence-electron chi connectivity index (χ2n) is 5.76. The van der Waals surface area contributed by atoms with Crippen LogP contribution in [-0.2, 0) is 12.0 Å². The molecule has 20 heavy (non-hydrogen) atoms. The Balaban J connectivity index is 2.07. The number of hydrogen-bond donors (Lipinski definition) is 1. The van der Waals surface area contributed by atoms with E-state index in [1.54, 1.807) is 11.3 Å². The van der Waals surface area contributed by atoms with Gasteiger partial charge in [-0.25, -0.2) is 4.98 Å². The summed E-state index contributed by atoms with van der Waals surface area (Å²) in [5.74, 6) is 0. The predicted octanol–water partition coefficient (Wildman–Crippen LogP) is 4.44. The molecule has 0 saturated carbocycles. The first kappa shape index (κ1) is 13.5. The van der Waals surface area contributed by atoms with Gasteiger partial charge in [-0.1, -0.05) is 19.9 Å². The average molecular weight is 303 g/mol. The number of aromatic amines is 1. The molecule has 0 fully saturated rings. The van der Waals surface area contributed by atoms with Crippen LogP contribution in [-0.4, -0.2) is 14.5 Å². The number of nitrogens with one attached hydrogen (secondary N) is 1. The van der Waals surface area contributed by atoms with Gasteiger partial charge < -0.3 is 9.55 Å². The molecule has 0 amide bonds. The molecule has 3 aromatic heterocycles. The van der Waals surface area contributed by atoms with Crippen molar-refractivity contribution in [1.29, 1.82) is 0 Å². The summed E-state index contributed by atoms with van der Waals surface area (Å²) in [6.07, 6.45) is 1.89. The van der Waals surface area contributed by atoms with E-state index >= 15 is 0 Å². The lowest BCUT2D eigenvalue weighted by Crippen LogP contribution is -2.23. The first-order valence-corrected chi connectivity index (χ1v) is 7.85. The lowest BCUT2D eigenvalue weighted by molar-refractivity contribution is 0.445. The molecule has 0 aliphatic heterocycles. The second-order valence-corrected chi connectivity index (χ2v) is 7.10. The maximum absolute atomic E-state index is 5.46. The number of aromatic nitrogens is 3. The smallest absolute Gasteiger partial charge is 0.179 e. The maximum atomic E-state index is 5.46. The van der Waals surface area contributed by atoms with Crippen LogP contribution < -0.4 is 0 Å². The van der Waals surface area contributed by atoms with Crippen molar-refractivity contribution in [3.63, 3.8) is 0 Å². The van der Waals surface area contributed by atoms with E-state index in [0.29, 0.717) is 0 Å². The molecule has 0 aliphatic carbocycles. The van der Waals surface area contributed by atoms with Gasteiger partial charge in [0.1, 0.15) is 0 Å². The first-order valence-electron chi connectivity index (χ1n) is 6.56. The summed E-state index contributed by atoms with van der Waals surface area (Å²) < 4.78 is 2.84. The average Bonchev–Trinajstić information content (AvgIpc) is 2.99. The van der Waals surface area contributed by atoms with E-state index in [1.165, 1.54) is 4.88 Å². The number of fused-ring (bicyclic) bond motifs is 1. The zero-order chi connectivity index (χ0) is 14.3. The largest absolute Gasteiger partial charge is 0.329 e. The quantitative estimate of drug-likeness (QED) is 0.726. The monoisotopic (exact) mass is 303 g/mol. The Morgan fingerprint density at radius 1 is 1.45 bits per heavy atom. The molecule has 0 atom stereocenters. The van der Waals surface area contributed by atoms with Gasteiger partial charge in [0.05, 0.1) is 5.52 Å². The number of aryl methyl sites for hydroxylation is 1. The lowest BCUT2D eigenvalue weighted by Gasteiger charge is -2.23. The van der Waals surface area contributed by atoms with Crippen molar-refractivity contribution < 1.29 is 0 Å². The second kappa shape index (κ2) is 4.82. The van der Waals surface area contributed by atoms with Crippen LogP contribution in [0.5, 0.6) is 0 Å². The normalized spacial score (nSPS) is 12.2. The number of hydrogen-bond acceptors (Lipinski definition) is 3. The maximum Gasteiger partial charge on any atom is 0.179 e. The van der Waals surface area contributed by atoms with E-state index in [1.807, 2.05) is 13.1 Å². The van der Waals surface area contributed by atoms with Crippen LogP contribution in [0.15, 0.2) is 29.8 Å². The van der Waals surface area contributed by atoms with Gasteiger partial charge in [0.2, 0.25) is 0 Å². The molecule has 5 heteroatoms. The summed E-state index contributed by atoms with van der Waals surface area (Å²) in [6.45, 7) is 7.35. The molecular weight excluding hydrogens is 286 g/mol. The van der Waals surface area contributed by atoms with Gasteiger partial charge in [-0.15, -0.1) is 11.3 Å². The fourth-order valence-electron chi connectivity index (χ4n) is 2.43. The molecule has 0 aromatic carbocycles. The Hall–Kier alpha value is -1.46. The number of H-pyrrole nitrogens is 1. The van der Waals surface area contributed by atoms with Crippen LogP contribution in [0.3, 0.4) is 0 Å². The van der Waals surface area contributed by atoms with Gasteiger partial charge in [0.25, 0.3) is 0 Å². The third kappa shape index (κ3) is 2.31. The number of rotatable bonds is 3. The molecule has 0 spiro atoms. The molecular formula is C15H17N3S2. The highest BCUT2D eigenvalue weighted by Gasteiger charge is 2.24. The molecule has 0 saturated heterocycles. The van der Waals surface area contributed by atoms with Gasteiger partial charge in [-0.2, -0.15) is 0 Å². The van der Waals surface area contributed by atoms with Crippen LogP contribution in [0, 0.1) is 11.7 Å². The number of pyridine rings is 1. The van der Waals surface area contributed by atoms with E-state index in [9.17, 15) is 0 Å². The van der Waals surface area contributed by atoms with Crippen molar-refractivity contribution in [3.8, 4) is 0 Å². The minimum absolute atomic E-state index is 0.0358. The third-order valence-electron chi connectivity index (χ3n) is 3.49. The fourth-order valence-corrected chi connectivity index (χ4v) is 3.54. The van der Waals surface area contributed by atoms with Crippen molar-refractivity contribution in [3.05, 3.63) is 45.0 Å². The minimum Gasteiger partial charge on any atom is -0.329 e. The van der Waals surface area contributed by atoms with Gasteiger partial charge >= 0.3 is 0 Å². The van der Waals surface area contributed by atoms with Crippen molar-refractivity contribution >= 4 is 34.7 Å². The van der Waals surface area contributed by atoms with Crippen molar-refractivity contribution in [2.75, 3.05) is 0 Å². The van der Waals surface area contributed by atoms with Crippen LogP contribution in [0.2, 0.25) is 0 Å². The summed E-state index contributed by atoms with van der Waals surface area (Å²) in [4.78, 5) is 9.15. The van der Waals surface area contributed by atoms with Crippen molar-refractivity contribution in [1.82, 2.24) is 14.5 Å². The van der Waals surface area contributed by atoms with Crippen molar-refractivity contribution in [2.45, 2.75) is 32.7 Å². The molecule has 0 radical (unpaired) electrons. The van der Waals surface area contributed by atoms with Crippen molar-refractivity contribution in [2.24, 2.45) is 0 Å². The van der Waals surface area contributed by atoms with E-state index in [4.69, 9.17) is 12.2 Å². The zero-order valence-electron chi connectivity index (χ0n) is 11.8. The summed E-state index contributed by atoms with van der Waals surface area (Å²) in [7, 11) is 0. The Morgan fingerprint density at radius 2 is 2.25 bits per heavy atom. The topological polar surface area (TPSA) is 33.6 Å². The SMILES string of the molecule is Cc1cnc2c(c1)[nH]c(=S)n2CC(C)(C)c1cccs1. The molecule has 1 N–H and O–H groups in total. The molecule has 0 aliphatic rings. The van der Waals surface area contributed by atoms with Gasteiger partial charge in [0, 0.05) is 23.0 Å². The lowest BCUT2D eigenvalue weighted by atomic mass is 9.91. The Morgan fingerprint density at radius 3 is 2.95 bits per heavy atom. The summed E-state index contributed by atoms with van der Waals surface area (Å²) >= 11 is 7.25. The Labute approximate surface area is 127 Å². The van der Waals surface area contributed by atoms with Crippen LogP contribution in [0.4, 0.5) is 0 Å². The molecule has 0 unspecified atom stereocenters. The van der Waals surface area contributed by atoms with Gasteiger partial charge in [0.15, 0.2) is 10.4 Å². The number of nitrogens with zero attached hydrogens (tertiary/aromatic N) is 2. The zero-order valence-corrected chi connectivity index (χ0v) is 13.4. The number of imidazole rings is 1. The molecule has 3 heterocycles. The number of thiophene rings is 1.